The Morgan fingerprint density at radius 1 is 1.43 bits per heavy atom. The second-order valence-electron chi connectivity index (χ2n) is 6.64. The van der Waals surface area contributed by atoms with Crippen molar-refractivity contribution in [3.05, 3.63) is 11.8 Å². The maximum absolute atomic E-state index is 11.7. The second kappa shape index (κ2) is 5.96. The van der Waals surface area contributed by atoms with Gasteiger partial charge in [0.1, 0.15) is 5.82 Å². The largest absolute Gasteiger partial charge is 0.389 e. The molecule has 3 rings (SSSR count). The number of hydrogen-bond acceptors (Lipinski definition) is 6. The zero-order valence-corrected chi connectivity index (χ0v) is 13.8. The molecule has 0 unspecified atom stereocenters. The van der Waals surface area contributed by atoms with Crippen molar-refractivity contribution in [3.8, 4) is 0 Å². The van der Waals surface area contributed by atoms with Crippen LogP contribution in [0.1, 0.15) is 32.3 Å². The van der Waals surface area contributed by atoms with E-state index in [1.807, 2.05) is 4.90 Å². The fourth-order valence-corrected chi connectivity index (χ4v) is 3.72. The SMILES string of the molecule is CCc1cnc(N)nc1N1CC[C@]2(O)CCN(C(C)=O)C[C@@H]2C1. The van der Waals surface area contributed by atoms with Gasteiger partial charge in [-0.15, -0.1) is 0 Å². The summed E-state index contributed by atoms with van der Waals surface area (Å²) in [6.45, 7) is 6.33. The summed E-state index contributed by atoms with van der Waals surface area (Å²) in [4.78, 5) is 24.2. The first kappa shape index (κ1) is 16.0. The lowest BCUT2D eigenvalue weighted by Crippen LogP contribution is -2.60. The molecule has 2 aliphatic heterocycles. The standard InChI is InChI=1S/C16H25N5O2/c1-3-12-8-18-15(17)19-14(12)21-7-5-16(23)4-6-20(11(2)22)9-13(16)10-21/h8,13,23H,3-7,9-10H2,1-2H3,(H2,17,18,19)/t13-,16-/m1/s1. The van der Waals surface area contributed by atoms with Gasteiger partial charge in [0.2, 0.25) is 11.9 Å². The highest BCUT2D eigenvalue weighted by Gasteiger charge is 2.45. The van der Waals surface area contributed by atoms with Crippen molar-refractivity contribution in [2.45, 2.75) is 38.7 Å². The minimum Gasteiger partial charge on any atom is -0.389 e. The Balaban J connectivity index is 1.83. The second-order valence-corrected chi connectivity index (χ2v) is 6.64. The summed E-state index contributed by atoms with van der Waals surface area (Å²) in [7, 11) is 0. The van der Waals surface area contributed by atoms with E-state index in [2.05, 4.69) is 21.8 Å². The lowest BCUT2D eigenvalue weighted by atomic mass is 9.75. The summed E-state index contributed by atoms with van der Waals surface area (Å²) in [6.07, 6.45) is 3.95. The van der Waals surface area contributed by atoms with Crippen LogP contribution in [0.2, 0.25) is 0 Å². The normalized spacial score (nSPS) is 27.7. The minimum atomic E-state index is -0.673. The van der Waals surface area contributed by atoms with Crippen molar-refractivity contribution in [3.63, 3.8) is 0 Å². The molecule has 7 nitrogen and oxygen atoms in total. The maximum Gasteiger partial charge on any atom is 0.221 e. The van der Waals surface area contributed by atoms with Crippen molar-refractivity contribution in [2.75, 3.05) is 36.8 Å². The molecule has 1 aromatic heterocycles. The highest BCUT2D eigenvalue weighted by Crippen LogP contribution is 2.37. The third kappa shape index (κ3) is 2.97. The van der Waals surface area contributed by atoms with Gasteiger partial charge in [0.15, 0.2) is 0 Å². The van der Waals surface area contributed by atoms with Crippen molar-refractivity contribution in [1.82, 2.24) is 14.9 Å². The Hall–Kier alpha value is -1.89. The van der Waals surface area contributed by atoms with Crippen LogP contribution in [0.3, 0.4) is 0 Å². The van der Waals surface area contributed by atoms with Gasteiger partial charge in [-0.1, -0.05) is 6.92 Å². The number of piperidine rings is 2. The van der Waals surface area contributed by atoms with Crippen LogP contribution in [0, 0.1) is 5.92 Å². The van der Waals surface area contributed by atoms with Gasteiger partial charge < -0.3 is 20.6 Å². The lowest BCUT2D eigenvalue weighted by Gasteiger charge is -2.50. The number of nitrogens with two attached hydrogens (primary N) is 1. The summed E-state index contributed by atoms with van der Waals surface area (Å²) in [6, 6.07) is 0. The van der Waals surface area contributed by atoms with Crippen LogP contribution in [-0.2, 0) is 11.2 Å². The summed E-state index contributed by atoms with van der Waals surface area (Å²) in [5, 5.41) is 10.9. The molecule has 3 N–H and O–H groups in total. The van der Waals surface area contributed by atoms with E-state index in [-0.39, 0.29) is 17.8 Å². The van der Waals surface area contributed by atoms with Gasteiger partial charge in [-0.25, -0.2) is 4.98 Å². The quantitative estimate of drug-likeness (QED) is 0.821. The Kier molecular flexibility index (Phi) is 4.14. The molecule has 126 valence electrons. The molecule has 2 fully saturated rings. The molecule has 0 radical (unpaired) electrons. The van der Waals surface area contributed by atoms with Crippen LogP contribution < -0.4 is 10.6 Å². The summed E-state index contributed by atoms with van der Waals surface area (Å²) in [5.74, 6) is 1.24. The molecule has 0 aliphatic carbocycles. The van der Waals surface area contributed by atoms with Gasteiger partial charge in [0, 0.05) is 50.8 Å². The van der Waals surface area contributed by atoms with E-state index >= 15 is 0 Å². The molecule has 0 bridgehead atoms. The van der Waals surface area contributed by atoms with Crippen molar-refractivity contribution in [2.24, 2.45) is 5.92 Å². The Morgan fingerprint density at radius 2 is 2.17 bits per heavy atom. The van der Waals surface area contributed by atoms with Crippen LogP contribution in [0.15, 0.2) is 6.20 Å². The number of carbonyl (C=O) groups is 1. The minimum absolute atomic E-state index is 0.0368. The molecule has 0 spiro atoms. The van der Waals surface area contributed by atoms with Crippen LogP contribution >= 0.6 is 0 Å². The molecule has 2 aliphatic rings. The lowest BCUT2D eigenvalue weighted by molar-refractivity contribution is -0.139. The van der Waals surface area contributed by atoms with Gasteiger partial charge in [0.25, 0.3) is 0 Å². The third-order valence-corrected chi connectivity index (χ3v) is 5.26. The molecular weight excluding hydrogens is 294 g/mol. The van der Waals surface area contributed by atoms with E-state index in [1.54, 1.807) is 13.1 Å². The number of fused-ring (bicyclic) bond motifs is 1. The number of nitrogens with zero attached hydrogens (tertiary/aromatic N) is 4. The molecule has 7 heteroatoms. The molecule has 1 amide bonds. The van der Waals surface area contributed by atoms with Gasteiger partial charge in [0.05, 0.1) is 5.60 Å². The summed E-state index contributed by atoms with van der Waals surface area (Å²) < 4.78 is 0. The van der Waals surface area contributed by atoms with Crippen LogP contribution in [0.25, 0.3) is 0 Å². The Labute approximate surface area is 136 Å². The Morgan fingerprint density at radius 3 is 2.87 bits per heavy atom. The number of nitrogen functional groups attached to an aromatic ring is 1. The van der Waals surface area contributed by atoms with E-state index in [0.717, 1.165) is 24.3 Å². The van der Waals surface area contributed by atoms with Gasteiger partial charge in [-0.2, -0.15) is 4.98 Å². The smallest absolute Gasteiger partial charge is 0.221 e. The fraction of sp³-hybridized carbons (Fsp3) is 0.688. The molecule has 2 saturated heterocycles. The number of amides is 1. The van der Waals surface area contributed by atoms with Crippen molar-refractivity contribution in [1.29, 1.82) is 0 Å². The number of anilines is 2. The predicted octanol–water partition coefficient (Wildman–Crippen LogP) is 0.431. The molecule has 2 atom stereocenters. The Bertz CT molecular complexity index is 608. The predicted molar refractivity (Wildman–Crippen MR) is 88.0 cm³/mol. The zero-order chi connectivity index (χ0) is 16.6. The van der Waals surface area contributed by atoms with E-state index in [0.29, 0.717) is 32.5 Å². The van der Waals surface area contributed by atoms with Gasteiger partial charge in [-0.05, 0) is 19.3 Å². The third-order valence-electron chi connectivity index (χ3n) is 5.26. The monoisotopic (exact) mass is 319 g/mol. The zero-order valence-electron chi connectivity index (χ0n) is 13.8. The van der Waals surface area contributed by atoms with Gasteiger partial charge >= 0.3 is 0 Å². The van der Waals surface area contributed by atoms with Gasteiger partial charge in [-0.3, -0.25) is 4.79 Å². The number of aryl methyl sites for hydroxylation is 1. The average molecular weight is 319 g/mol. The number of aliphatic hydroxyl groups is 1. The van der Waals surface area contributed by atoms with Crippen LogP contribution in [-0.4, -0.2) is 57.7 Å². The first-order valence-electron chi connectivity index (χ1n) is 8.27. The van der Waals surface area contributed by atoms with Crippen LogP contribution in [0.4, 0.5) is 11.8 Å². The highest BCUT2D eigenvalue weighted by molar-refractivity contribution is 5.73. The van der Waals surface area contributed by atoms with Crippen molar-refractivity contribution >= 4 is 17.7 Å². The topological polar surface area (TPSA) is 95.6 Å². The first-order chi connectivity index (χ1) is 10.9. The number of carbonyl (C=O) groups excluding carboxylic acids is 1. The first-order valence-corrected chi connectivity index (χ1v) is 8.27. The highest BCUT2D eigenvalue weighted by atomic mass is 16.3. The molecule has 3 heterocycles. The van der Waals surface area contributed by atoms with E-state index < -0.39 is 5.60 Å². The molecule has 23 heavy (non-hydrogen) atoms. The summed E-state index contributed by atoms with van der Waals surface area (Å²) in [5.41, 5.74) is 6.14. The number of aromatic nitrogens is 2. The van der Waals surface area contributed by atoms with Crippen LogP contribution in [0.5, 0.6) is 0 Å². The molecule has 0 saturated carbocycles. The van der Waals surface area contributed by atoms with E-state index in [1.165, 1.54) is 0 Å². The maximum atomic E-state index is 11.7. The summed E-state index contributed by atoms with van der Waals surface area (Å²) >= 11 is 0. The van der Waals surface area contributed by atoms with E-state index in [9.17, 15) is 9.90 Å². The molecule has 0 aromatic carbocycles. The number of hydrogen-bond donors (Lipinski definition) is 2. The fourth-order valence-electron chi connectivity index (χ4n) is 3.72. The molecular formula is C16H25N5O2. The molecule has 1 aromatic rings. The van der Waals surface area contributed by atoms with E-state index in [4.69, 9.17) is 5.73 Å². The number of likely N-dealkylation sites (tertiary alicyclic amines) is 1. The number of rotatable bonds is 2. The van der Waals surface area contributed by atoms with Crippen molar-refractivity contribution < 1.29 is 9.90 Å². The average Bonchev–Trinajstić information content (AvgIpc) is 2.53.